The molecule has 1 aromatic carbocycles. The van der Waals surface area contributed by atoms with Gasteiger partial charge in [-0.25, -0.2) is 4.39 Å². The molecule has 0 aromatic heterocycles. The number of nitrogens with two attached hydrogens (primary N) is 1. The van der Waals surface area contributed by atoms with Gasteiger partial charge in [0.15, 0.2) is 0 Å². The van der Waals surface area contributed by atoms with Crippen LogP contribution in [0.1, 0.15) is 13.8 Å². The average Bonchev–Trinajstić information content (AvgIpc) is 2.21. The van der Waals surface area contributed by atoms with Crippen LogP contribution < -0.4 is 11.1 Å². The summed E-state index contributed by atoms with van der Waals surface area (Å²) in [6.45, 7) is 3.68. The first-order chi connectivity index (χ1) is 7.82. The van der Waals surface area contributed by atoms with Crippen LogP contribution in [-0.2, 0) is 4.79 Å². The molecule has 3 N–H and O–H groups in total. The quantitative estimate of drug-likeness (QED) is 0.897. The van der Waals surface area contributed by atoms with Gasteiger partial charge in [0.1, 0.15) is 5.82 Å². The van der Waals surface area contributed by atoms with Gasteiger partial charge in [0, 0.05) is 4.47 Å². The standard InChI is InChI=1S/C11H13BrClFN2O/c1-5(2)9(15)11(17)16-10-7(12)3-6(14)4-8(10)13/h3-5,9H,15H2,1-2H3,(H,16,17)/t9-/m0/s1. The molecule has 1 atom stereocenters. The summed E-state index contributed by atoms with van der Waals surface area (Å²) in [5, 5.41) is 2.70. The van der Waals surface area contributed by atoms with Gasteiger partial charge in [-0.3, -0.25) is 4.79 Å². The van der Waals surface area contributed by atoms with Crippen LogP contribution in [0.25, 0.3) is 0 Å². The number of carbonyl (C=O) groups excluding carboxylic acids is 1. The summed E-state index contributed by atoms with van der Waals surface area (Å²) < 4.78 is 13.4. The van der Waals surface area contributed by atoms with E-state index in [9.17, 15) is 9.18 Å². The number of hydrogen-bond donors (Lipinski definition) is 2. The van der Waals surface area contributed by atoms with Crippen LogP contribution in [0.4, 0.5) is 10.1 Å². The van der Waals surface area contributed by atoms with E-state index in [1.165, 1.54) is 6.07 Å². The van der Waals surface area contributed by atoms with E-state index in [1.807, 2.05) is 13.8 Å². The number of hydrogen-bond acceptors (Lipinski definition) is 2. The number of benzene rings is 1. The maximum Gasteiger partial charge on any atom is 0.241 e. The second-order valence-corrected chi connectivity index (χ2v) is 5.27. The summed E-state index contributed by atoms with van der Waals surface area (Å²) >= 11 is 8.97. The minimum Gasteiger partial charge on any atom is -0.322 e. The van der Waals surface area contributed by atoms with Crippen LogP contribution in [-0.4, -0.2) is 11.9 Å². The van der Waals surface area contributed by atoms with Crippen LogP contribution in [0.2, 0.25) is 5.02 Å². The maximum absolute atomic E-state index is 13.0. The van der Waals surface area contributed by atoms with E-state index in [0.717, 1.165) is 6.07 Å². The van der Waals surface area contributed by atoms with Crippen molar-refractivity contribution in [3.63, 3.8) is 0 Å². The Morgan fingerprint density at radius 1 is 1.53 bits per heavy atom. The van der Waals surface area contributed by atoms with Crippen molar-refractivity contribution < 1.29 is 9.18 Å². The Labute approximate surface area is 113 Å². The Kier molecular flexibility index (Phi) is 4.91. The van der Waals surface area contributed by atoms with Gasteiger partial charge in [-0.1, -0.05) is 25.4 Å². The molecule has 0 aliphatic carbocycles. The normalized spacial score (nSPS) is 12.6. The fourth-order valence-corrected chi connectivity index (χ4v) is 2.07. The zero-order valence-electron chi connectivity index (χ0n) is 9.43. The zero-order valence-corrected chi connectivity index (χ0v) is 11.8. The van der Waals surface area contributed by atoms with E-state index in [2.05, 4.69) is 21.2 Å². The highest BCUT2D eigenvalue weighted by atomic mass is 79.9. The lowest BCUT2D eigenvalue weighted by molar-refractivity contribution is -0.118. The third-order valence-electron chi connectivity index (χ3n) is 2.28. The maximum atomic E-state index is 13.0. The Balaban J connectivity index is 2.93. The SMILES string of the molecule is CC(C)[C@H](N)C(=O)Nc1c(Cl)cc(F)cc1Br. The molecule has 1 aromatic rings. The molecule has 0 spiro atoms. The molecule has 0 aliphatic rings. The summed E-state index contributed by atoms with van der Waals surface area (Å²) in [5.74, 6) is -0.824. The summed E-state index contributed by atoms with van der Waals surface area (Å²) in [6, 6.07) is 1.72. The molecule has 0 saturated heterocycles. The molecule has 17 heavy (non-hydrogen) atoms. The van der Waals surface area contributed by atoms with Gasteiger partial charge in [-0.05, 0) is 34.0 Å². The molecule has 1 rings (SSSR count). The number of halogens is 3. The van der Waals surface area contributed by atoms with Gasteiger partial charge in [0.05, 0.1) is 16.8 Å². The number of anilines is 1. The Hall–Kier alpha value is -0.650. The molecule has 1 amide bonds. The second kappa shape index (κ2) is 5.80. The first kappa shape index (κ1) is 14.4. The first-order valence-corrected chi connectivity index (χ1v) is 6.21. The summed E-state index contributed by atoms with van der Waals surface area (Å²) in [5.41, 5.74) is 6.02. The lowest BCUT2D eigenvalue weighted by atomic mass is 10.0. The lowest BCUT2D eigenvalue weighted by Gasteiger charge is -2.16. The molecule has 0 aliphatic heterocycles. The molecular weight excluding hydrogens is 310 g/mol. The Morgan fingerprint density at radius 3 is 2.59 bits per heavy atom. The molecule has 0 saturated carbocycles. The number of nitrogens with one attached hydrogen (secondary N) is 1. The monoisotopic (exact) mass is 322 g/mol. The minimum absolute atomic E-state index is 0.00741. The highest BCUT2D eigenvalue weighted by Crippen LogP contribution is 2.31. The van der Waals surface area contributed by atoms with Crippen molar-refractivity contribution in [1.82, 2.24) is 0 Å². The molecule has 0 bridgehead atoms. The average molecular weight is 324 g/mol. The van der Waals surface area contributed by atoms with Crippen LogP contribution in [0, 0.1) is 11.7 Å². The van der Waals surface area contributed by atoms with Gasteiger partial charge in [0.2, 0.25) is 5.91 Å². The largest absolute Gasteiger partial charge is 0.322 e. The topological polar surface area (TPSA) is 55.1 Å². The fraction of sp³-hybridized carbons (Fsp3) is 0.364. The number of amides is 1. The zero-order chi connectivity index (χ0) is 13.2. The van der Waals surface area contributed by atoms with Crippen molar-refractivity contribution in [3.05, 3.63) is 27.4 Å². The van der Waals surface area contributed by atoms with E-state index in [4.69, 9.17) is 17.3 Å². The summed E-state index contributed by atoms with van der Waals surface area (Å²) in [6.07, 6.45) is 0. The highest BCUT2D eigenvalue weighted by Gasteiger charge is 2.19. The van der Waals surface area contributed by atoms with E-state index >= 15 is 0 Å². The summed E-state index contributed by atoms with van der Waals surface area (Å²) in [4.78, 5) is 11.7. The molecule has 6 heteroatoms. The van der Waals surface area contributed by atoms with Crippen molar-refractivity contribution in [3.8, 4) is 0 Å². The molecular formula is C11H13BrClFN2O. The molecule has 0 heterocycles. The van der Waals surface area contributed by atoms with E-state index < -0.39 is 11.9 Å². The third kappa shape index (κ3) is 3.66. The van der Waals surface area contributed by atoms with Crippen molar-refractivity contribution in [2.24, 2.45) is 11.7 Å². The molecule has 94 valence electrons. The fourth-order valence-electron chi connectivity index (χ4n) is 1.17. The van der Waals surface area contributed by atoms with Crippen LogP contribution in [0.5, 0.6) is 0 Å². The molecule has 0 radical (unpaired) electrons. The Morgan fingerprint density at radius 2 is 2.12 bits per heavy atom. The van der Waals surface area contributed by atoms with E-state index in [1.54, 1.807) is 0 Å². The highest BCUT2D eigenvalue weighted by molar-refractivity contribution is 9.10. The third-order valence-corrected chi connectivity index (χ3v) is 3.20. The van der Waals surface area contributed by atoms with Crippen molar-refractivity contribution in [2.75, 3.05) is 5.32 Å². The number of rotatable bonds is 3. The van der Waals surface area contributed by atoms with Gasteiger partial charge in [-0.2, -0.15) is 0 Å². The predicted molar refractivity (Wildman–Crippen MR) is 70.6 cm³/mol. The molecule has 0 fully saturated rings. The van der Waals surface area contributed by atoms with E-state index in [0.29, 0.717) is 10.2 Å². The van der Waals surface area contributed by atoms with E-state index in [-0.39, 0.29) is 16.8 Å². The minimum atomic E-state index is -0.636. The smallest absolute Gasteiger partial charge is 0.241 e. The molecule has 0 unspecified atom stereocenters. The number of carbonyl (C=O) groups is 1. The van der Waals surface area contributed by atoms with Gasteiger partial charge < -0.3 is 11.1 Å². The van der Waals surface area contributed by atoms with Crippen LogP contribution in [0.3, 0.4) is 0 Å². The van der Waals surface area contributed by atoms with Gasteiger partial charge in [0.25, 0.3) is 0 Å². The first-order valence-electron chi connectivity index (χ1n) is 5.04. The van der Waals surface area contributed by atoms with Crippen molar-refractivity contribution >= 4 is 39.1 Å². The lowest BCUT2D eigenvalue weighted by Crippen LogP contribution is -2.39. The summed E-state index contributed by atoms with van der Waals surface area (Å²) in [7, 11) is 0. The van der Waals surface area contributed by atoms with Crippen LogP contribution >= 0.6 is 27.5 Å². The van der Waals surface area contributed by atoms with Gasteiger partial charge >= 0.3 is 0 Å². The van der Waals surface area contributed by atoms with Crippen LogP contribution in [0.15, 0.2) is 16.6 Å². The second-order valence-electron chi connectivity index (χ2n) is 4.00. The van der Waals surface area contributed by atoms with Gasteiger partial charge in [-0.15, -0.1) is 0 Å². The molecule has 3 nitrogen and oxygen atoms in total. The Bertz CT molecular complexity index is 416. The van der Waals surface area contributed by atoms with Crippen molar-refractivity contribution in [2.45, 2.75) is 19.9 Å². The van der Waals surface area contributed by atoms with Crippen molar-refractivity contribution in [1.29, 1.82) is 0 Å². The predicted octanol–water partition coefficient (Wildman–Crippen LogP) is 3.16.